The van der Waals surface area contributed by atoms with Crippen molar-refractivity contribution in [2.75, 3.05) is 11.5 Å². The topological polar surface area (TPSA) is 38.9 Å². The van der Waals surface area contributed by atoms with Crippen molar-refractivity contribution >= 4 is 28.4 Å². The molecular weight excluding hydrogens is 192 g/mol. The third-order valence-electron chi connectivity index (χ3n) is 2.06. The molecule has 0 aliphatic heterocycles. The van der Waals surface area contributed by atoms with E-state index in [1.807, 2.05) is 36.2 Å². The molecule has 0 unspecified atom stereocenters. The molecular formula is C11H12N2S. The van der Waals surface area contributed by atoms with E-state index in [0.29, 0.717) is 0 Å². The average Bonchev–Trinajstić information content (AvgIpc) is 2.20. The zero-order chi connectivity index (χ0) is 9.97. The van der Waals surface area contributed by atoms with Crippen LogP contribution in [0.4, 0.5) is 5.69 Å². The van der Waals surface area contributed by atoms with Gasteiger partial charge in [0.25, 0.3) is 0 Å². The second-order valence-electron chi connectivity index (χ2n) is 2.99. The van der Waals surface area contributed by atoms with Crippen molar-refractivity contribution in [1.82, 2.24) is 4.98 Å². The zero-order valence-electron chi connectivity index (χ0n) is 8.03. The van der Waals surface area contributed by atoms with Crippen molar-refractivity contribution in [3.05, 3.63) is 30.5 Å². The van der Waals surface area contributed by atoms with E-state index in [4.69, 9.17) is 5.73 Å². The zero-order valence-corrected chi connectivity index (χ0v) is 8.84. The predicted octanol–water partition coefficient (Wildman–Crippen LogP) is 2.93. The molecule has 0 amide bonds. The first-order valence-corrected chi connectivity index (χ1v) is 5.57. The van der Waals surface area contributed by atoms with Gasteiger partial charge in [0, 0.05) is 16.5 Å². The summed E-state index contributed by atoms with van der Waals surface area (Å²) in [6.07, 6.45) is 1.82. The Morgan fingerprint density at radius 2 is 2.21 bits per heavy atom. The van der Waals surface area contributed by atoms with Gasteiger partial charge in [-0.25, -0.2) is 0 Å². The maximum Gasteiger partial charge on any atom is 0.0942 e. The molecule has 2 rings (SSSR count). The van der Waals surface area contributed by atoms with Crippen molar-refractivity contribution in [3.63, 3.8) is 0 Å². The van der Waals surface area contributed by atoms with E-state index in [2.05, 4.69) is 18.0 Å². The molecule has 3 heteroatoms. The third kappa shape index (κ3) is 1.55. The summed E-state index contributed by atoms with van der Waals surface area (Å²) in [7, 11) is 0. The lowest BCUT2D eigenvalue weighted by molar-refractivity contribution is 1.35. The summed E-state index contributed by atoms with van der Waals surface area (Å²) in [5.41, 5.74) is 7.51. The first-order chi connectivity index (χ1) is 6.83. The number of rotatable bonds is 2. The molecule has 0 aliphatic rings. The minimum Gasteiger partial charge on any atom is -0.397 e. The van der Waals surface area contributed by atoms with Crippen LogP contribution >= 0.6 is 11.8 Å². The monoisotopic (exact) mass is 204 g/mol. The summed E-state index contributed by atoms with van der Waals surface area (Å²) < 4.78 is 0. The van der Waals surface area contributed by atoms with Crippen LogP contribution in [0.1, 0.15) is 6.92 Å². The van der Waals surface area contributed by atoms with E-state index in [9.17, 15) is 0 Å². The first kappa shape index (κ1) is 9.34. The standard InChI is InChI=1S/C11H12N2S/c1-2-14-10-6-7-13-11-8(10)4-3-5-9(11)12/h3-7H,2,12H2,1H3. The van der Waals surface area contributed by atoms with Gasteiger partial charge >= 0.3 is 0 Å². The van der Waals surface area contributed by atoms with Crippen LogP contribution < -0.4 is 5.73 Å². The highest BCUT2D eigenvalue weighted by Crippen LogP contribution is 2.28. The fourth-order valence-electron chi connectivity index (χ4n) is 1.45. The van der Waals surface area contributed by atoms with E-state index in [-0.39, 0.29) is 0 Å². The Balaban J connectivity index is 2.68. The second kappa shape index (κ2) is 3.88. The Labute approximate surface area is 87.5 Å². The third-order valence-corrected chi connectivity index (χ3v) is 3.02. The van der Waals surface area contributed by atoms with Crippen molar-refractivity contribution in [1.29, 1.82) is 0 Å². The Kier molecular flexibility index (Phi) is 2.59. The molecule has 0 saturated carbocycles. The van der Waals surface area contributed by atoms with Gasteiger partial charge in [-0.3, -0.25) is 4.98 Å². The highest BCUT2D eigenvalue weighted by atomic mass is 32.2. The van der Waals surface area contributed by atoms with Crippen molar-refractivity contribution in [2.24, 2.45) is 0 Å². The molecule has 1 aromatic heterocycles. The summed E-state index contributed by atoms with van der Waals surface area (Å²) in [5.74, 6) is 1.06. The molecule has 2 N–H and O–H groups in total. The number of anilines is 1. The van der Waals surface area contributed by atoms with Crippen LogP contribution in [0.25, 0.3) is 10.9 Å². The molecule has 0 fully saturated rings. The van der Waals surface area contributed by atoms with Crippen LogP contribution in [0.2, 0.25) is 0 Å². The molecule has 0 bridgehead atoms. The molecule has 0 spiro atoms. The minimum absolute atomic E-state index is 0.751. The number of nitrogens with two attached hydrogens (primary N) is 1. The molecule has 2 nitrogen and oxygen atoms in total. The van der Waals surface area contributed by atoms with Gasteiger partial charge in [0.2, 0.25) is 0 Å². The lowest BCUT2D eigenvalue weighted by Crippen LogP contribution is -1.90. The molecule has 1 heterocycles. The Morgan fingerprint density at radius 1 is 1.36 bits per heavy atom. The number of hydrogen-bond donors (Lipinski definition) is 1. The first-order valence-electron chi connectivity index (χ1n) is 4.59. The number of pyridine rings is 1. The highest BCUT2D eigenvalue weighted by molar-refractivity contribution is 7.99. The van der Waals surface area contributed by atoms with Crippen molar-refractivity contribution in [2.45, 2.75) is 11.8 Å². The maximum absolute atomic E-state index is 5.85. The number of benzene rings is 1. The number of aromatic nitrogens is 1. The van der Waals surface area contributed by atoms with Gasteiger partial charge in [-0.05, 0) is 17.9 Å². The quantitative estimate of drug-likeness (QED) is 0.604. The van der Waals surface area contributed by atoms with Crippen molar-refractivity contribution in [3.8, 4) is 0 Å². The highest BCUT2D eigenvalue weighted by Gasteiger charge is 2.03. The van der Waals surface area contributed by atoms with E-state index in [1.165, 1.54) is 4.90 Å². The van der Waals surface area contributed by atoms with Gasteiger partial charge in [0.1, 0.15) is 0 Å². The van der Waals surface area contributed by atoms with Gasteiger partial charge in [0.05, 0.1) is 11.2 Å². The number of nitrogen functional groups attached to an aromatic ring is 1. The van der Waals surface area contributed by atoms with Gasteiger partial charge in [-0.2, -0.15) is 0 Å². The molecule has 0 aliphatic carbocycles. The largest absolute Gasteiger partial charge is 0.397 e. The SMILES string of the molecule is CCSc1ccnc2c(N)cccc12. The number of fused-ring (bicyclic) bond motifs is 1. The predicted molar refractivity (Wildman–Crippen MR) is 62.6 cm³/mol. The summed E-state index contributed by atoms with van der Waals surface area (Å²) >= 11 is 1.82. The van der Waals surface area contributed by atoms with Gasteiger partial charge in [-0.1, -0.05) is 19.1 Å². The lowest BCUT2D eigenvalue weighted by Gasteiger charge is -2.05. The van der Waals surface area contributed by atoms with Crippen LogP contribution in [0, 0.1) is 0 Å². The number of thioether (sulfide) groups is 1. The summed E-state index contributed by atoms with van der Waals surface area (Å²) in [6.45, 7) is 2.14. The number of hydrogen-bond acceptors (Lipinski definition) is 3. The smallest absolute Gasteiger partial charge is 0.0942 e. The molecule has 14 heavy (non-hydrogen) atoms. The molecule has 1 aromatic carbocycles. The minimum atomic E-state index is 0.751. The molecule has 0 atom stereocenters. The maximum atomic E-state index is 5.85. The van der Waals surface area contributed by atoms with Gasteiger partial charge in [0.15, 0.2) is 0 Å². The Bertz CT molecular complexity index is 454. The summed E-state index contributed by atoms with van der Waals surface area (Å²) in [4.78, 5) is 5.54. The second-order valence-corrected chi connectivity index (χ2v) is 4.29. The van der Waals surface area contributed by atoms with E-state index < -0.39 is 0 Å². The van der Waals surface area contributed by atoms with Crippen molar-refractivity contribution < 1.29 is 0 Å². The van der Waals surface area contributed by atoms with Crippen LogP contribution in [0.15, 0.2) is 35.4 Å². The van der Waals surface area contributed by atoms with Crippen LogP contribution in [-0.4, -0.2) is 10.7 Å². The van der Waals surface area contributed by atoms with E-state index >= 15 is 0 Å². The molecule has 0 saturated heterocycles. The van der Waals surface area contributed by atoms with Crippen LogP contribution in [0.5, 0.6) is 0 Å². The van der Waals surface area contributed by atoms with Gasteiger partial charge in [-0.15, -0.1) is 11.8 Å². The molecule has 2 aromatic rings. The van der Waals surface area contributed by atoms with Gasteiger partial charge < -0.3 is 5.73 Å². The summed E-state index contributed by atoms with van der Waals surface area (Å²) in [5, 5.41) is 1.15. The summed E-state index contributed by atoms with van der Waals surface area (Å²) in [6, 6.07) is 7.96. The fraction of sp³-hybridized carbons (Fsp3) is 0.182. The molecule has 0 radical (unpaired) electrons. The van der Waals surface area contributed by atoms with E-state index in [1.54, 1.807) is 0 Å². The number of nitrogens with zero attached hydrogens (tertiary/aromatic N) is 1. The average molecular weight is 204 g/mol. The number of para-hydroxylation sites is 1. The fourth-order valence-corrected chi connectivity index (χ4v) is 2.24. The Morgan fingerprint density at radius 3 is 3.00 bits per heavy atom. The Hall–Kier alpha value is -1.22. The lowest BCUT2D eigenvalue weighted by atomic mass is 10.2. The molecule has 72 valence electrons. The van der Waals surface area contributed by atoms with E-state index in [0.717, 1.165) is 22.3 Å². The van der Waals surface area contributed by atoms with Crippen LogP contribution in [-0.2, 0) is 0 Å². The van der Waals surface area contributed by atoms with Crippen LogP contribution in [0.3, 0.4) is 0 Å². The normalized spacial score (nSPS) is 10.6.